The van der Waals surface area contributed by atoms with Crippen molar-refractivity contribution in [2.24, 2.45) is 0 Å². The van der Waals surface area contributed by atoms with Crippen LogP contribution in [0.15, 0.2) is 35.4 Å². The minimum atomic E-state index is 0.322. The maximum atomic E-state index is 4.33. The van der Waals surface area contributed by atoms with Crippen LogP contribution in [0.25, 0.3) is 0 Å². The van der Waals surface area contributed by atoms with Gasteiger partial charge >= 0.3 is 0 Å². The second-order valence-corrected chi connectivity index (χ2v) is 4.69. The molecule has 2 aromatic heterocycles. The maximum Gasteiger partial charge on any atom is 0.115 e. The summed E-state index contributed by atoms with van der Waals surface area (Å²) in [4.78, 5) is 8.29. The molecule has 3 nitrogen and oxygen atoms in total. The number of thiophene rings is 1. The summed E-state index contributed by atoms with van der Waals surface area (Å²) in [5, 5.41) is 7.81. The first-order chi connectivity index (χ1) is 8.40. The van der Waals surface area contributed by atoms with Crippen LogP contribution in [0.3, 0.4) is 0 Å². The third kappa shape index (κ3) is 3.61. The van der Waals surface area contributed by atoms with E-state index in [1.807, 2.05) is 6.07 Å². The zero-order chi connectivity index (χ0) is 11.9. The number of aryl methyl sites for hydroxylation is 1. The topological polar surface area (TPSA) is 37.8 Å². The van der Waals surface area contributed by atoms with Crippen molar-refractivity contribution in [1.29, 1.82) is 0 Å². The molecule has 0 aliphatic heterocycles. The molecule has 0 spiro atoms. The lowest BCUT2D eigenvalue weighted by Crippen LogP contribution is -2.22. The Morgan fingerprint density at radius 1 is 1.41 bits per heavy atom. The Bertz CT molecular complexity index is 413. The van der Waals surface area contributed by atoms with Crippen LogP contribution >= 0.6 is 11.3 Å². The van der Waals surface area contributed by atoms with E-state index in [0.29, 0.717) is 6.04 Å². The molecule has 0 fully saturated rings. The number of nitrogens with one attached hydrogen (secondary N) is 1. The van der Waals surface area contributed by atoms with Crippen LogP contribution in [0, 0.1) is 0 Å². The highest BCUT2D eigenvalue weighted by Gasteiger charge is 2.11. The molecule has 0 aromatic carbocycles. The molecule has 4 heteroatoms. The molecule has 2 rings (SSSR count). The summed E-state index contributed by atoms with van der Waals surface area (Å²) in [6.07, 6.45) is 5.58. The number of aromatic nitrogens is 2. The Morgan fingerprint density at radius 2 is 2.35 bits per heavy atom. The van der Waals surface area contributed by atoms with Gasteiger partial charge in [-0.05, 0) is 47.8 Å². The van der Waals surface area contributed by atoms with Crippen molar-refractivity contribution in [2.75, 3.05) is 6.54 Å². The van der Waals surface area contributed by atoms with Crippen LogP contribution in [0.2, 0.25) is 0 Å². The fourth-order valence-corrected chi connectivity index (χ4v) is 2.56. The summed E-state index contributed by atoms with van der Waals surface area (Å²) in [6.45, 7) is 3.08. The summed E-state index contributed by atoms with van der Waals surface area (Å²) in [5.41, 5.74) is 2.49. The lowest BCUT2D eigenvalue weighted by atomic mass is 10.0. The second-order valence-electron chi connectivity index (χ2n) is 3.91. The molecule has 90 valence electrons. The minimum absolute atomic E-state index is 0.322. The Labute approximate surface area is 106 Å². The fraction of sp³-hybridized carbons (Fsp3) is 0.385. The Balaban J connectivity index is 1.98. The van der Waals surface area contributed by atoms with Gasteiger partial charge in [-0.15, -0.1) is 0 Å². The molecule has 0 amide bonds. The third-order valence-electron chi connectivity index (χ3n) is 2.71. The van der Waals surface area contributed by atoms with E-state index in [1.165, 1.54) is 5.56 Å². The summed E-state index contributed by atoms with van der Waals surface area (Å²) >= 11 is 1.75. The molecule has 0 aliphatic carbocycles. The fourth-order valence-electron chi connectivity index (χ4n) is 1.85. The van der Waals surface area contributed by atoms with Gasteiger partial charge in [-0.25, -0.2) is 9.97 Å². The van der Waals surface area contributed by atoms with Crippen LogP contribution in [0.1, 0.15) is 30.6 Å². The zero-order valence-corrected chi connectivity index (χ0v) is 10.8. The van der Waals surface area contributed by atoms with Crippen LogP contribution < -0.4 is 5.32 Å². The van der Waals surface area contributed by atoms with Crippen molar-refractivity contribution in [3.05, 3.63) is 46.7 Å². The van der Waals surface area contributed by atoms with E-state index in [1.54, 1.807) is 23.9 Å². The molecule has 0 radical (unpaired) electrons. The first-order valence-electron chi connectivity index (χ1n) is 5.90. The van der Waals surface area contributed by atoms with E-state index in [4.69, 9.17) is 0 Å². The summed E-state index contributed by atoms with van der Waals surface area (Å²) in [6, 6.07) is 4.50. The van der Waals surface area contributed by atoms with Crippen LogP contribution in [-0.2, 0) is 6.42 Å². The molecule has 0 saturated heterocycles. The van der Waals surface area contributed by atoms with E-state index < -0.39 is 0 Å². The van der Waals surface area contributed by atoms with Gasteiger partial charge in [0.15, 0.2) is 0 Å². The number of rotatable bonds is 6. The first kappa shape index (κ1) is 12.2. The largest absolute Gasteiger partial charge is 0.309 e. The molecule has 2 aromatic rings. The molecule has 0 bridgehead atoms. The highest BCUT2D eigenvalue weighted by atomic mass is 32.1. The summed E-state index contributed by atoms with van der Waals surface area (Å²) < 4.78 is 0. The minimum Gasteiger partial charge on any atom is -0.309 e. The van der Waals surface area contributed by atoms with Gasteiger partial charge in [0.05, 0.1) is 5.69 Å². The summed E-state index contributed by atoms with van der Waals surface area (Å²) in [5.74, 6) is 0. The zero-order valence-electron chi connectivity index (χ0n) is 9.97. The first-order valence-corrected chi connectivity index (χ1v) is 6.84. The highest BCUT2D eigenvalue weighted by molar-refractivity contribution is 7.07. The quantitative estimate of drug-likeness (QED) is 0.853. The van der Waals surface area contributed by atoms with Crippen molar-refractivity contribution < 1.29 is 0 Å². The monoisotopic (exact) mass is 247 g/mol. The van der Waals surface area contributed by atoms with Gasteiger partial charge in [0.1, 0.15) is 6.33 Å². The van der Waals surface area contributed by atoms with Crippen molar-refractivity contribution in [3.8, 4) is 0 Å². The van der Waals surface area contributed by atoms with E-state index in [-0.39, 0.29) is 0 Å². The van der Waals surface area contributed by atoms with E-state index in [9.17, 15) is 0 Å². The number of nitrogens with zero attached hydrogens (tertiary/aromatic N) is 2. The predicted molar refractivity (Wildman–Crippen MR) is 71.1 cm³/mol. The SMILES string of the molecule is CCNC(CCc1ccsc1)c1ccncn1. The van der Waals surface area contributed by atoms with Gasteiger partial charge in [0.2, 0.25) is 0 Å². The molecule has 0 aliphatic rings. The molecular weight excluding hydrogens is 230 g/mol. The molecular formula is C13H17N3S. The van der Waals surface area contributed by atoms with Crippen molar-refractivity contribution in [2.45, 2.75) is 25.8 Å². The lowest BCUT2D eigenvalue weighted by molar-refractivity contribution is 0.503. The third-order valence-corrected chi connectivity index (χ3v) is 3.45. The van der Waals surface area contributed by atoms with Crippen LogP contribution in [0.4, 0.5) is 0 Å². The van der Waals surface area contributed by atoms with Gasteiger partial charge in [-0.1, -0.05) is 6.92 Å². The van der Waals surface area contributed by atoms with E-state index >= 15 is 0 Å². The Kier molecular flexibility index (Phi) is 4.64. The standard InChI is InChI=1S/C13H17N3S/c1-2-15-12(13-5-7-14-10-16-13)4-3-11-6-8-17-9-11/h5-10,12,15H,2-4H2,1H3. The maximum absolute atomic E-state index is 4.33. The van der Waals surface area contributed by atoms with Gasteiger partial charge in [0, 0.05) is 12.2 Å². The Hall–Kier alpha value is -1.26. The van der Waals surface area contributed by atoms with Gasteiger partial charge < -0.3 is 5.32 Å². The van der Waals surface area contributed by atoms with Gasteiger partial charge in [-0.2, -0.15) is 11.3 Å². The molecule has 17 heavy (non-hydrogen) atoms. The molecule has 1 unspecified atom stereocenters. The van der Waals surface area contributed by atoms with Gasteiger partial charge in [0.25, 0.3) is 0 Å². The predicted octanol–water partition coefficient (Wildman–Crippen LogP) is 2.82. The van der Waals surface area contributed by atoms with E-state index in [2.05, 4.69) is 39.0 Å². The second kappa shape index (κ2) is 6.47. The Morgan fingerprint density at radius 3 is 3.00 bits per heavy atom. The van der Waals surface area contributed by atoms with Crippen molar-refractivity contribution in [1.82, 2.24) is 15.3 Å². The summed E-state index contributed by atoms with van der Waals surface area (Å²) in [7, 11) is 0. The van der Waals surface area contributed by atoms with Crippen molar-refractivity contribution >= 4 is 11.3 Å². The number of hydrogen-bond donors (Lipinski definition) is 1. The number of hydrogen-bond acceptors (Lipinski definition) is 4. The van der Waals surface area contributed by atoms with E-state index in [0.717, 1.165) is 25.1 Å². The van der Waals surface area contributed by atoms with Crippen LogP contribution in [0.5, 0.6) is 0 Å². The van der Waals surface area contributed by atoms with Crippen molar-refractivity contribution in [3.63, 3.8) is 0 Å². The molecule has 2 heterocycles. The molecule has 1 N–H and O–H groups in total. The normalized spacial score (nSPS) is 12.5. The van der Waals surface area contributed by atoms with Gasteiger partial charge in [-0.3, -0.25) is 0 Å². The smallest absolute Gasteiger partial charge is 0.115 e. The lowest BCUT2D eigenvalue weighted by Gasteiger charge is -2.16. The van der Waals surface area contributed by atoms with Crippen LogP contribution in [-0.4, -0.2) is 16.5 Å². The molecule has 1 atom stereocenters. The molecule has 0 saturated carbocycles. The highest BCUT2D eigenvalue weighted by Crippen LogP contribution is 2.18. The average molecular weight is 247 g/mol. The average Bonchev–Trinajstić information content (AvgIpc) is 2.88.